The Kier molecular flexibility index (Phi) is 6.31. The van der Waals surface area contributed by atoms with Crippen LogP contribution in [0.4, 0.5) is 14.5 Å². The fraction of sp³-hybridized carbons (Fsp3) is 0.333. The second-order valence-electron chi connectivity index (χ2n) is 6.66. The fourth-order valence-electron chi connectivity index (χ4n) is 3.28. The zero-order valence-corrected chi connectivity index (χ0v) is 16.3. The summed E-state index contributed by atoms with van der Waals surface area (Å²) in [6, 6.07) is 12.2. The number of anilines is 1. The molecule has 154 valence electrons. The molecule has 0 saturated heterocycles. The molecule has 2 aromatic carbocycles. The van der Waals surface area contributed by atoms with Gasteiger partial charge < -0.3 is 19.2 Å². The maximum atomic E-state index is 12.8. The molecule has 0 N–H and O–H groups in total. The average molecular weight is 404 g/mol. The Balaban J connectivity index is 1.65. The molecule has 1 amide bonds. The molecule has 0 spiro atoms. The van der Waals surface area contributed by atoms with Gasteiger partial charge in [0.05, 0.1) is 13.3 Å². The van der Waals surface area contributed by atoms with Gasteiger partial charge in [-0.2, -0.15) is 8.78 Å². The van der Waals surface area contributed by atoms with Gasteiger partial charge >= 0.3 is 6.61 Å². The first-order chi connectivity index (χ1) is 13.9. The lowest BCUT2D eigenvalue weighted by molar-refractivity contribution is -0.129. The lowest BCUT2D eigenvalue weighted by Crippen LogP contribution is -2.42. The summed E-state index contributed by atoms with van der Waals surface area (Å²) in [5, 5.41) is 3.86. The quantitative estimate of drug-likeness (QED) is 0.517. The molecule has 8 heteroatoms. The minimum Gasteiger partial charge on any atom is -0.493 e. The van der Waals surface area contributed by atoms with Crippen LogP contribution >= 0.6 is 0 Å². The summed E-state index contributed by atoms with van der Waals surface area (Å²) in [7, 11) is 1.35. The number of alkyl halides is 2. The number of fused-ring (bicyclic) bond motifs is 1. The van der Waals surface area contributed by atoms with E-state index in [2.05, 4.69) is 9.89 Å². The maximum absolute atomic E-state index is 12.8. The highest BCUT2D eigenvalue weighted by Crippen LogP contribution is 2.32. The summed E-state index contributed by atoms with van der Waals surface area (Å²) in [4.78, 5) is 19.9. The predicted octanol–water partition coefficient (Wildman–Crippen LogP) is 4.01. The normalized spacial score (nSPS) is 16.8. The molecule has 0 fully saturated rings. The Morgan fingerprint density at radius 1 is 1.24 bits per heavy atom. The highest BCUT2D eigenvalue weighted by Gasteiger charge is 2.33. The summed E-state index contributed by atoms with van der Waals surface area (Å²) in [5.74, 6) is -0.121. The van der Waals surface area contributed by atoms with E-state index in [1.54, 1.807) is 11.8 Å². The van der Waals surface area contributed by atoms with Crippen LogP contribution in [-0.2, 0) is 16.1 Å². The Bertz CT molecular complexity index is 904. The van der Waals surface area contributed by atoms with Crippen molar-refractivity contribution in [1.82, 2.24) is 0 Å². The number of carbonyl (C=O) groups excluding carboxylic acids is 1. The van der Waals surface area contributed by atoms with Gasteiger partial charge in [0.1, 0.15) is 0 Å². The molecule has 1 aliphatic heterocycles. The van der Waals surface area contributed by atoms with Crippen LogP contribution in [0, 0.1) is 0 Å². The van der Waals surface area contributed by atoms with Gasteiger partial charge in [-0.3, -0.25) is 4.79 Å². The number of hydrogen-bond acceptors (Lipinski definition) is 5. The van der Waals surface area contributed by atoms with Crippen LogP contribution in [0.25, 0.3) is 0 Å². The molecule has 29 heavy (non-hydrogen) atoms. The number of hydrogen-bond donors (Lipinski definition) is 0. The Hall–Kier alpha value is -3.16. The van der Waals surface area contributed by atoms with E-state index in [1.165, 1.54) is 31.5 Å². The average Bonchev–Trinajstić information content (AvgIpc) is 3.03. The number of benzene rings is 2. The highest BCUT2D eigenvalue weighted by molar-refractivity contribution is 5.98. The minimum absolute atomic E-state index is 0.0431. The molecule has 3 rings (SSSR count). The van der Waals surface area contributed by atoms with Crippen molar-refractivity contribution in [2.24, 2.45) is 5.16 Å². The van der Waals surface area contributed by atoms with E-state index in [9.17, 15) is 13.6 Å². The molecule has 2 aromatic rings. The second-order valence-corrected chi connectivity index (χ2v) is 6.66. The van der Waals surface area contributed by atoms with Crippen molar-refractivity contribution in [3.63, 3.8) is 0 Å². The molecule has 0 aliphatic carbocycles. The van der Waals surface area contributed by atoms with Crippen LogP contribution in [0.2, 0.25) is 0 Å². The third kappa shape index (κ3) is 4.64. The van der Waals surface area contributed by atoms with Gasteiger partial charge in [-0.05, 0) is 50.1 Å². The van der Waals surface area contributed by atoms with Gasteiger partial charge in [0.25, 0.3) is 5.91 Å². The van der Waals surface area contributed by atoms with Crippen molar-refractivity contribution in [2.45, 2.75) is 39.0 Å². The van der Waals surface area contributed by atoms with Gasteiger partial charge in [-0.15, -0.1) is 0 Å². The Morgan fingerprint density at radius 2 is 2.00 bits per heavy atom. The molecule has 2 atom stereocenters. The monoisotopic (exact) mass is 404 g/mol. The Morgan fingerprint density at radius 3 is 2.72 bits per heavy atom. The van der Waals surface area contributed by atoms with E-state index >= 15 is 0 Å². The number of carbonyl (C=O) groups is 1. The largest absolute Gasteiger partial charge is 0.493 e. The number of amides is 1. The first-order valence-electron chi connectivity index (χ1n) is 9.13. The number of halogens is 2. The molecule has 1 aliphatic rings. The van der Waals surface area contributed by atoms with Crippen LogP contribution < -0.4 is 14.4 Å². The molecule has 6 nitrogen and oxygen atoms in total. The zero-order valence-electron chi connectivity index (χ0n) is 16.3. The van der Waals surface area contributed by atoms with Crippen molar-refractivity contribution >= 4 is 17.8 Å². The molecule has 0 unspecified atom stereocenters. The van der Waals surface area contributed by atoms with Crippen molar-refractivity contribution in [2.75, 3.05) is 12.0 Å². The minimum atomic E-state index is -2.95. The first-order valence-corrected chi connectivity index (χ1v) is 9.13. The summed E-state index contributed by atoms with van der Waals surface area (Å²) in [6.45, 7) is 0.674. The number of ether oxygens (including phenoxy) is 2. The molecular formula is C21H22F2N2O4. The number of nitrogens with zero attached hydrogens (tertiary/aromatic N) is 2. The molecule has 0 aromatic heterocycles. The molecule has 0 bridgehead atoms. The smallest absolute Gasteiger partial charge is 0.387 e. The lowest BCUT2D eigenvalue weighted by Gasteiger charge is -2.24. The van der Waals surface area contributed by atoms with Gasteiger partial charge in [0, 0.05) is 17.3 Å². The number of para-hydroxylation sites is 1. The molecule has 1 heterocycles. The van der Waals surface area contributed by atoms with E-state index in [4.69, 9.17) is 9.57 Å². The number of methoxy groups -OCH3 is 1. The van der Waals surface area contributed by atoms with Crippen LogP contribution in [0.15, 0.2) is 47.6 Å². The second kappa shape index (κ2) is 8.89. The van der Waals surface area contributed by atoms with E-state index in [0.29, 0.717) is 5.56 Å². The summed E-state index contributed by atoms with van der Waals surface area (Å²) in [6.07, 6.45) is 1.38. The van der Waals surface area contributed by atoms with Crippen molar-refractivity contribution in [3.8, 4) is 11.5 Å². The third-order valence-corrected chi connectivity index (χ3v) is 4.62. The number of oxime groups is 1. The third-order valence-electron chi connectivity index (χ3n) is 4.62. The van der Waals surface area contributed by atoms with Crippen molar-refractivity contribution < 1.29 is 27.9 Å². The van der Waals surface area contributed by atoms with E-state index < -0.39 is 12.7 Å². The van der Waals surface area contributed by atoms with Gasteiger partial charge in [0.15, 0.2) is 11.5 Å². The van der Waals surface area contributed by atoms with Gasteiger partial charge in [-0.1, -0.05) is 23.4 Å². The van der Waals surface area contributed by atoms with Crippen molar-refractivity contribution in [1.29, 1.82) is 0 Å². The molecular weight excluding hydrogens is 382 g/mol. The van der Waals surface area contributed by atoms with Crippen LogP contribution in [-0.4, -0.2) is 38.0 Å². The maximum Gasteiger partial charge on any atom is 0.387 e. The van der Waals surface area contributed by atoms with Gasteiger partial charge in [-0.25, -0.2) is 0 Å². The lowest BCUT2D eigenvalue weighted by atomic mass is 10.1. The van der Waals surface area contributed by atoms with Gasteiger partial charge in [0.2, 0.25) is 6.10 Å². The van der Waals surface area contributed by atoms with Crippen LogP contribution in [0.5, 0.6) is 11.5 Å². The highest BCUT2D eigenvalue weighted by atomic mass is 19.3. The van der Waals surface area contributed by atoms with Crippen LogP contribution in [0.1, 0.15) is 25.0 Å². The Labute approximate surface area is 167 Å². The van der Waals surface area contributed by atoms with E-state index in [0.717, 1.165) is 17.7 Å². The van der Waals surface area contributed by atoms with E-state index in [1.807, 2.05) is 31.2 Å². The zero-order chi connectivity index (χ0) is 21.0. The van der Waals surface area contributed by atoms with Crippen LogP contribution in [0.3, 0.4) is 0 Å². The standard InChI is InChI=1S/C21H22F2N2O4/c1-13-10-16-6-4-5-7-17(16)25(13)20(26)14(2)29-24-12-15-8-9-18(28-21(22)23)19(11-15)27-3/h4-9,11-14,21H,10H2,1-3H3/b24-12-/t13-,14-/m0/s1. The molecule has 0 radical (unpaired) electrons. The SMILES string of the molecule is COc1cc(/C=N\O[C@@H](C)C(=O)N2c3ccccc3C[C@@H]2C)ccc1OC(F)F. The topological polar surface area (TPSA) is 60.4 Å². The summed E-state index contributed by atoms with van der Waals surface area (Å²) >= 11 is 0. The molecule has 0 saturated carbocycles. The fourth-order valence-corrected chi connectivity index (χ4v) is 3.28. The first kappa shape index (κ1) is 20.6. The van der Waals surface area contributed by atoms with Crippen molar-refractivity contribution in [3.05, 3.63) is 53.6 Å². The summed E-state index contributed by atoms with van der Waals surface area (Å²) < 4.78 is 34.2. The van der Waals surface area contributed by atoms with E-state index in [-0.39, 0.29) is 23.4 Å². The summed E-state index contributed by atoms with van der Waals surface area (Å²) in [5.41, 5.74) is 2.56. The number of rotatable bonds is 7. The predicted molar refractivity (Wildman–Crippen MR) is 105 cm³/mol.